The van der Waals surface area contributed by atoms with Crippen LogP contribution in [0.1, 0.15) is 17.5 Å². The summed E-state index contributed by atoms with van der Waals surface area (Å²) in [5.41, 5.74) is 1.01. The maximum absolute atomic E-state index is 13.5. The Labute approximate surface area is 118 Å². The van der Waals surface area contributed by atoms with E-state index in [1.807, 2.05) is 0 Å². The van der Waals surface area contributed by atoms with Gasteiger partial charge in [-0.1, -0.05) is 0 Å². The fourth-order valence-electron chi connectivity index (χ4n) is 2.33. The first-order chi connectivity index (χ1) is 9.66. The zero-order chi connectivity index (χ0) is 14.4. The van der Waals surface area contributed by atoms with Crippen LogP contribution in [0.15, 0.2) is 12.1 Å². The molecule has 0 amide bonds. The number of ether oxygens (including phenoxy) is 1. The van der Waals surface area contributed by atoms with Gasteiger partial charge in [0.1, 0.15) is 11.6 Å². The van der Waals surface area contributed by atoms with Crippen molar-refractivity contribution in [3.05, 3.63) is 34.9 Å². The number of hydrogen-bond donors (Lipinski definition) is 1. The minimum absolute atomic E-state index is 0.441. The Hall–Kier alpha value is -1.04. The highest BCUT2D eigenvalue weighted by atomic mass is 19.1. The highest BCUT2D eigenvalue weighted by Crippen LogP contribution is 2.13. The summed E-state index contributed by atoms with van der Waals surface area (Å²) in [4.78, 5) is 2.37. The maximum Gasteiger partial charge on any atom is 0.130 e. The quantitative estimate of drug-likeness (QED) is 0.810. The summed E-state index contributed by atoms with van der Waals surface area (Å²) in [6, 6.07) is 2.53. The number of halogens is 2. The van der Waals surface area contributed by atoms with Gasteiger partial charge in [0.15, 0.2) is 0 Å². The second-order valence-corrected chi connectivity index (χ2v) is 5.18. The van der Waals surface area contributed by atoms with E-state index in [0.29, 0.717) is 17.7 Å². The molecule has 20 heavy (non-hydrogen) atoms. The molecule has 1 aromatic rings. The van der Waals surface area contributed by atoms with Crippen LogP contribution in [0.2, 0.25) is 0 Å². The summed E-state index contributed by atoms with van der Waals surface area (Å²) in [6.07, 6.45) is 1.02. The molecule has 1 fully saturated rings. The zero-order valence-corrected chi connectivity index (χ0v) is 11.9. The Morgan fingerprint density at radius 2 is 1.95 bits per heavy atom. The molecule has 1 aliphatic rings. The molecule has 1 heterocycles. The number of aryl methyl sites for hydroxylation is 1. The lowest BCUT2D eigenvalue weighted by atomic mass is 10.1. The first kappa shape index (κ1) is 15.4. The van der Waals surface area contributed by atoms with Gasteiger partial charge < -0.3 is 10.1 Å². The predicted molar refractivity (Wildman–Crippen MR) is 74.7 cm³/mol. The zero-order valence-electron chi connectivity index (χ0n) is 11.9. The number of nitrogens with zero attached hydrogens (tertiary/aromatic N) is 1. The molecular formula is C15H22F2N2O. The van der Waals surface area contributed by atoms with Crippen molar-refractivity contribution < 1.29 is 13.5 Å². The predicted octanol–water partition coefficient (Wildman–Crippen LogP) is 2.09. The van der Waals surface area contributed by atoms with Crippen molar-refractivity contribution in [3.8, 4) is 0 Å². The van der Waals surface area contributed by atoms with Crippen molar-refractivity contribution in [1.29, 1.82) is 0 Å². The number of hydrogen-bond acceptors (Lipinski definition) is 3. The summed E-state index contributed by atoms with van der Waals surface area (Å²) in [6.45, 7) is 7.56. The fourth-order valence-corrected chi connectivity index (χ4v) is 2.33. The molecule has 1 aliphatic heterocycles. The maximum atomic E-state index is 13.5. The molecular weight excluding hydrogens is 262 g/mol. The summed E-state index contributed by atoms with van der Waals surface area (Å²) >= 11 is 0. The van der Waals surface area contributed by atoms with E-state index in [-0.39, 0.29) is 0 Å². The van der Waals surface area contributed by atoms with E-state index in [2.05, 4.69) is 10.2 Å². The Bertz CT molecular complexity index is 434. The van der Waals surface area contributed by atoms with Crippen LogP contribution >= 0.6 is 0 Å². The average molecular weight is 284 g/mol. The molecule has 0 radical (unpaired) electrons. The van der Waals surface area contributed by atoms with Crippen molar-refractivity contribution in [2.24, 2.45) is 0 Å². The van der Waals surface area contributed by atoms with Crippen molar-refractivity contribution in [1.82, 2.24) is 10.2 Å². The smallest absolute Gasteiger partial charge is 0.130 e. The van der Waals surface area contributed by atoms with Crippen molar-refractivity contribution in [2.45, 2.75) is 19.9 Å². The van der Waals surface area contributed by atoms with Crippen LogP contribution in [0.3, 0.4) is 0 Å². The van der Waals surface area contributed by atoms with E-state index in [9.17, 15) is 8.78 Å². The summed E-state index contributed by atoms with van der Waals surface area (Å²) in [5.74, 6) is -0.965. The molecule has 3 nitrogen and oxygen atoms in total. The van der Waals surface area contributed by atoms with Gasteiger partial charge in [-0.2, -0.15) is 0 Å². The van der Waals surface area contributed by atoms with E-state index in [0.717, 1.165) is 51.9 Å². The summed E-state index contributed by atoms with van der Waals surface area (Å²) in [5, 5.41) is 3.21. The molecule has 0 atom stereocenters. The molecule has 0 unspecified atom stereocenters. The van der Waals surface area contributed by atoms with Gasteiger partial charge in [-0.15, -0.1) is 0 Å². The normalized spacial score (nSPS) is 16.6. The highest BCUT2D eigenvalue weighted by Gasteiger charge is 2.09. The van der Waals surface area contributed by atoms with Crippen LogP contribution in [0, 0.1) is 18.6 Å². The van der Waals surface area contributed by atoms with Gasteiger partial charge in [-0.3, -0.25) is 4.90 Å². The molecule has 0 bridgehead atoms. The van der Waals surface area contributed by atoms with Crippen LogP contribution < -0.4 is 5.32 Å². The lowest BCUT2D eigenvalue weighted by molar-refractivity contribution is 0.0374. The second kappa shape index (κ2) is 7.67. The van der Waals surface area contributed by atoms with E-state index >= 15 is 0 Å². The largest absolute Gasteiger partial charge is 0.379 e. The van der Waals surface area contributed by atoms with Crippen LogP contribution in [0.5, 0.6) is 0 Å². The Balaban J connectivity index is 1.66. The van der Waals surface area contributed by atoms with E-state index in [1.54, 1.807) is 13.0 Å². The molecule has 112 valence electrons. The molecule has 1 saturated heterocycles. The van der Waals surface area contributed by atoms with Crippen molar-refractivity contribution in [3.63, 3.8) is 0 Å². The van der Waals surface area contributed by atoms with Crippen molar-refractivity contribution >= 4 is 0 Å². The molecule has 0 saturated carbocycles. The number of rotatable bonds is 6. The monoisotopic (exact) mass is 284 g/mol. The molecule has 2 rings (SSSR count). The van der Waals surface area contributed by atoms with Gasteiger partial charge in [-0.25, -0.2) is 8.78 Å². The van der Waals surface area contributed by atoms with Gasteiger partial charge in [-0.05, 0) is 38.1 Å². The second-order valence-electron chi connectivity index (χ2n) is 5.18. The first-order valence-electron chi connectivity index (χ1n) is 7.12. The van der Waals surface area contributed by atoms with Crippen LogP contribution in [-0.2, 0) is 11.3 Å². The van der Waals surface area contributed by atoms with Gasteiger partial charge in [0.25, 0.3) is 0 Å². The minimum Gasteiger partial charge on any atom is -0.379 e. The molecule has 1 aromatic carbocycles. The molecule has 1 N–H and O–H groups in total. The molecule has 0 aliphatic carbocycles. The van der Waals surface area contributed by atoms with E-state index < -0.39 is 11.6 Å². The lowest BCUT2D eigenvalue weighted by Crippen LogP contribution is -2.37. The number of benzene rings is 1. The fraction of sp³-hybridized carbons (Fsp3) is 0.600. The van der Waals surface area contributed by atoms with Crippen molar-refractivity contribution in [2.75, 3.05) is 39.4 Å². The molecule has 5 heteroatoms. The SMILES string of the molecule is Cc1cc(CNCCCN2CCOCC2)c(F)cc1F. The lowest BCUT2D eigenvalue weighted by Gasteiger charge is -2.26. The van der Waals surface area contributed by atoms with E-state index in [4.69, 9.17) is 4.74 Å². The third-order valence-electron chi connectivity index (χ3n) is 3.57. The van der Waals surface area contributed by atoms with Crippen LogP contribution in [0.4, 0.5) is 8.78 Å². The Morgan fingerprint density at radius 3 is 2.70 bits per heavy atom. The van der Waals surface area contributed by atoms with Crippen LogP contribution in [-0.4, -0.2) is 44.3 Å². The van der Waals surface area contributed by atoms with E-state index in [1.165, 1.54) is 0 Å². The highest BCUT2D eigenvalue weighted by molar-refractivity contribution is 5.25. The molecule has 0 aromatic heterocycles. The van der Waals surface area contributed by atoms with Gasteiger partial charge in [0.05, 0.1) is 13.2 Å². The summed E-state index contributed by atoms with van der Waals surface area (Å²) < 4.78 is 31.9. The third-order valence-corrected chi connectivity index (χ3v) is 3.57. The topological polar surface area (TPSA) is 24.5 Å². The van der Waals surface area contributed by atoms with Crippen LogP contribution in [0.25, 0.3) is 0 Å². The Kier molecular flexibility index (Phi) is 5.88. The third kappa shape index (κ3) is 4.51. The average Bonchev–Trinajstić information content (AvgIpc) is 2.45. The minimum atomic E-state index is -0.487. The van der Waals surface area contributed by atoms with Gasteiger partial charge in [0.2, 0.25) is 0 Å². The first-order valence-corrected chi connectivity index (χ1v) is 7.12. The number of nitrogens with one attached hydrogen (secondary N) is 1. The van der Waals surface area contributed by atoms with Gasteiger partial charge in [0, 0.05) is 31.3 Å². The van der Waals surface area contributed by atoms with Gasteiger partial charge >= 0.3 is 0 Å². The molecule has 0 spiro atoms. The summed E-state index contributed by atoms with van der Waals surface area (Å²) in [7, 11) is 0. The number of morpholine rings is 1. The standard InChI is InChI=1S/C15H22F2N2O/c1-12-9-13(15(17)10-14(12)16)11-18-3-2-4-19-5-7-20-8-6-19/h9-10,18H,2-8,11H2,1H3. The Morgan fingerprint density at radius 1 is 1.20 bits per heavy atom.